The summed E-state index contributed by atoms with van der Waals surface area (Å²) in [5, 5.41) is 0. The van der Waals surface area contributed by atoms with Crippen LogP contribution in [0.15, 0.2) is 0 Å². The molecule has 13 heteroatoms. The van der Waals surface area contributed by atoms with Gasteiger partial charge in [0.2, 0.25) is 0 Å². The van der Waals surface area contributed by atoms with Gasteiger partial charge in [-0.25, -0.2) is 13.2 Å². The fraction of sp³-hybridized carbons (Fsp3) is 0.833. The van der Waals surface area contributed by atoms with Crippen LogP contribution in [0.2, 0.25) is 0 Å². The first kappa shape index (κ1) is 23.3. The van der Waals surface area contributed by atoms with Crippen LogP contribution in [-0.2, 0) is 19.1 Å². The lowest BCUT2D eigenvalue weighted by Crippen LogP contribution is -2.59. The van der Waals surface area contributed by atoms with E-state index in [1.807, 2.05) is 0 Å². The molecule has 0 aliphatic rings. The van der Waals surface area contributed by atoms with E-state index >= 15 is 0 Å². The summed E-state index contributed by atoms with van der Waals surface area (Å²) in [6, 6.07) is 0. The number of hydrogen-bond acceptors (Lipinski definition) is 4. The molecule has 0 fully saturated rings. The van der Waals surface area contributed by atoms with Crippen molar-refractivity contribution in [1.29, 1.82) is 0 Å². The number of alkyl halides is 9. The van der Waals surface area contributed by atoms with Crippen LogP contribution in [0.1, 0.15) is 19.3 Å². The van der Waals surface area contributed by atoms with E-state index < -0.39 is 68.9 Å². The van der Waals surface area contributed by atoms with Gasteiger partial charge < -0.3 is 9.47 Å². The number of ether oxygens (including phenoxy) is 2. The number of carbonyl (C=O) groups excluding carboxylic acids is 2. The van der Waals surface area contributed by atoms with Gasteiger partial charge in [-0.05, 0) is 6.42 Å². The van der Waals surface area contributed by atoms with Crippen molar-refractivity contribution in [2.45, 2.75) is 43.5 Å². The molecule has 25 heavy (non-hydrogen) atoms. The van der Waals surface area contributed by atoms with Crippen molar-refractivity contribution >= 4 is 11.9 Å². The summed E-state index contributed by atoms with van der Waals surface area (Å²) in [5.41, 5.74) is 0. The Morgan fingerprint density at radius 2 is 1.36 bits per heavy atom. The Kier molecular flexibility index (Phi) is 8.51. The van der Waals surface area contributed by atoms with Crippen molar-refractivity contribution in [3.05, 3.63) is 0 Å². The first-order chi connectivity index (χ1) is 11.3. The summed E-state index contributed by atoms with van der Waals surface area (Å²) in [6.07, 6.45) is -6.62. The topological polar surface area (TPSA) is 52.6 Å². The third kappa shape index (κ3) is 6.27. The highest BCUT2D eigenvalue weighted by Gasteiger charge is 2.75. The van der Waals surface area contributed by atoms with Crippen molar-refractivity contribution in [1.82, 2.24) is 0 Å². The smallest absolute Gasteiger partial charge is 0.381 e. The van der Waals surface area contributed by atoms with Gasteiger partial charge in [-0.2, -0.15) is 26.3 Å². The molecule has 0 saturated heterocycles. The molecule has 0 aliphatic carbocycles. The zero-order valence-corrected chi connectivity index (χ0v) is 12.4. The highest BCUT2D eigenvalue weighted by Crippen LogP contribution is 2.48. The predicted octanol–water partition coefficient (Wildman–Crippen LogP) is 3.38. The van der Waals surface area contributed by atoms with Crippen LogP contribution in [0, 0.1) is 0 Å². The summed E-state index contributed by atoms with van der Waals surface area (Å²) >= 11 is 0. The summed E-state index contributed by atoms with van der Waals surface area (Å²) in [7, 11) is 0. The lowest BCUT2D eigenvalue weighted by Gasteiger charge is -2.31. The quantitative estimate of drug-likeness (QED) is 0.400. The standard InChI is InChI=1S/C12H13F9O4/c13-4-5-24-7(22)2-1-3-8(23)25-6-10(16,17)12(20,21)11(18,19)9(14)15/h9H,1-6H2. The lowest BCUT2D eigenvalue weighted by molar-refractivity contribution is -0.344. The van der Waals surface area contributed by atoms with E-state index in [1.54, 1.807) is 0 Å². The van der Waals surface area contributed by atoms with Crippen LogP contribution >= 0.6 is 0 Å². The fourth-order valence-corrected chi connectivity index (χ4v) is 1.32. The van der Waals surface area contributed by atoms with Gasteiger partial charge in [0.05, 0.1) is 0 Å². The SMILES string of the molecule is O=C(CCCC(=O)OCC(F)(F)C(F)(F)C(F)(F)C(F)F)OCCF. The van der Waals surface area contributed by atoms with Gasteiger partial charge in [-0.15, -0.1) is 0 Å². The van der Waals surface area contributed by atoms with Crippen LogP contribution in [0.25, 0.3) is 0 Å². The van der Waals surface area contributed by atoms with E-state index in [0.29, 0.717) is 0 Å². The average molecular weight is 392 g/mol. The second-order valence-electron chi connectivity index (χ2n) is 4.63. The monoisotopic (exact) mass is 392 g/mol. The Labute approximate surface area is 135 Å². The average Bonchev–Trinajstić information content (AvgIpc) is 2.50. The molecule has 0 aromatic heterocycles. The van der Waals surface area contributed by atoms with Gasteiger partial charge in [0.25, 0.3) is 0 Å². The van der Waals surface area contributed by atoms with E-state index in [1.165, 1.54) is 0 Å². The molecular formula is C12H13F9O4. The van der Waals surface area contributed by atoms with E-state index in [4.69, 9.17) is 0 Å². The van der Waals surface area contributed by atoms with E-state index in [9.17, 15) is 49.1 Å². The van der Waals surface area contributed by atoms with Gasteiger partial charge in [0.15, 0.2) is 6.61 Å². The van der Waals surface area contributed by atoms with Crippen LogP contribution in [0.3, 0.4) is 0 Å². The van der Waals surface area contributed by atoms with Crippen LogP contribution < -0.4 is 0 Å². The van der Waals surface area contributed by atoms with Crippen molar-refractivity contribution in [2.24, 2.45) is 0 Å². The largest absolute Gasteiger partial charge is 0.463 e. The fourth-order valence-electron chi connectivity index (χ4n) is 1.32. The van der Waals surface area contributed by atoms with Crippen LogP contribution in [0.4, 0.5) is 39.5 Å². The predicted molar refractivity (Wildman–Crippen MR) is 62.6 cm³/mol. The highest BCUT2D eigenvalue weighted by atomic mass is 19.4. The number of esters is 2. The third-order valence-corrected chi connectivity index (χ3v) is 2.67. The normalized spacial score (nSPS) is 13.0. The Morgan fingerprint density at radius 1 is 0.880 bits per heavy atom. The van der Waals surface area contributed by atoms with Crippen molar-refractivity contribution in [2.75, 3.05) is 19.9 Å². The Bertz CT molecular complexity index is 454. The second kappa shape index (κ2) is 9.13. The molecule has 0 aromatic rings. The maximum absolute atomic E-state index is 13.1. The lowest BCUT2D eigenvalue weighted by atomic mass is 10.1. The number of carbonyl (C=O) groups is 2. The van der Waals surface area contributed by atoms with Gasteiger partial charge >= 0.3 is 36.1 Å². The van der Waals surface area contributed by atoms with Crippen LogP contribution in [-0.4, -0.2) is 56.0 Å². The van der Waals surface area contributed by atoms with E-state index in [2.05, 4.69) is 9.47 Å². The number of rotatable bonds is 11. The van der Waals surface area contributed by atoms with Gasteiger partial charge in [0, 0.05) is 12.8 Å². The summed E-state index contributed by atoms with van der Waals surface area (Å²) in [5.74, 6) is -21.1. The molecule has 0 heterocycles. The molecule has 0 aliphatic heterocycles. The number of halogens is 9. The summed E-state index contributed by atoms with van der Waals surface area (Å²) in [4.78, 5) is 21.9. The Balaban J connectivity index is 4.49. The molecule has 0 unspecified atom stereocenters. The minimum absolute atomic E-state index is 0.348. The highest BCUT2D eigenvalue weighted by molar-refractivity contribution is 5.72. The van der Waals surface area contributed by atoms with E-state index in [-0.39, 0.29) is 6.42 Å². The molecule has 0 amide bonds. The first-order valence-corrected chi connectivity index (χ1v) is 6.58. The van der Waals surface area contributed by atoms with Crippen molar-refractivity contribution in [3.8, 4) is 0 Å². The molecule has 0 spiro atoms. The van der Waals surface area contributed by atoms with Gasteiger partial charge in [0.1, 0.15) is 13.3 Å². The Hall–Kier alpha value is -1.69. The molecule has 0 atom stereocenters. The molecule has 4 nitrogen and oxygen atoms in total. The van der Waals surface area contributed by atoms with E-state index in [0.717, 1.165) is 0 Å². The second-order valence-corrected chi connectivity index (χ2v) is 4.63. The van der Waals surface area contributed by atoms with Gasteiger partial charge in [-0.1, -0.05) is 0 Å². The maximum atomic E-state index is 13.1. The summed E-state index contributed by atoms with van der Waals surface area (Å²) in [6.45, 7) is -4.06. The zero-order valence-electron chi connectivity index (χ0n) is 12.4. The molecule has 0 aromatic carbocycles. The molecule has 0 N–H and O–H groups in total. The van der Waals surface area contributed by atoms with Crippen molar-refractivity contribution < 1.29 is 58.6 Å². The molecule has 0 radical (unpaired) electrons. The minimum atomic E-state index is -6.47. The molecule has 0 rings (SSSR count). The minimum Gasteiger partial charge on any atom is -0.463 e. The molecule has 0 saturated carbocycles. The molecule has 0 bridgehead atoms. The molecule has 148 valence electrons. The van der Waals surface area contributed by atoms with Gasteiger partial charge in [-0.3, -0.25) is 9.59 Å². The molecular weight excluding hydrogens is 379 g/mol. The maximum Gasteiger partial charge on any atom is 0.381 e. The zero-order chi connectivity index (χ0) is 19.9. The first-order valence-electron chi connectivity index (χ1n) is 6.58. The van der Waals surface area contributed by atoms with Crippen molar-refractivity contribution in [3.63, 3.8) is 0 Å². The Morgan fingerprint density at radius 3 is 1.80 bits per heavy atom. The third-order valence-electron chi connectivity index (χ3n) is 2.67. The number of hydrogen-bond donors (Lipinski definition) is 0. The van der Waals surface area contributed by atoms with Crippen LogP contribution in [0.5, 0.6) is 0 Å². The summed E-state index contributed by atoms with van der Waals surface area (Å²) < 4.78 is 120.